The number of methoxy groups -OCH3 is 2. The number of phenolic OH excluding ortho intramolecular Hbond substituents is 2. The molecule has 0 bridgehead atoms. The van der Waals surface area contributed by atoms with Gasteiger partial charge in [0.05, 0.1) is 108 Å². The fourth-order valence-electron chi connectivity index (χ4n) is 11.8. The first-order chi connectivity index (χ1) is 41.2. The molecule has 4 heterocycles. The Kier molecular flexibility index (Phi) is 22.8. The van der Waals surface area contributed by atoms with Crippen molar-refractivity contribution < 1.29 is 106 Å². The van der Waals surface area contributed by atoms with Gasteiger partial charge in [0.2, 0.25) is 29.4 Å². The maximum absolute atomic E-state index is 14.3. The number of nitrogens with two attached hydrogens (primary N) is 1. The van der Waals surface area contributed by atoms with E-state index in [-0.39, 0.29) is 85.7 Å². The number of carboxylic acid groups (broad SMARTS) is 1. The molecule has 2 aromatic carbocycles. The third-order valence-electron chi connectivity index (χ3n) is 16.2. The van der Waals surface area contributed by atoms with Gasteiger partial charge >= 0.3 is 5.97 Å². The zero-order chi connectivity index (χ0) is 61.8. The summed E-state index contributed by atoms with van der Waals surface area (Å²) in [6.45, 7) is 7.94. The Morgan fingerprint density at radius 1 is 0.826 bits per heavy atom. The highest BCUT2D eigenvalue weighted by Crippen LogP contribution is 2.53. The lowest BCUT2D eigenvalue weighted by molar-refractivity contribution is -0.256. The zero-order valence-electron chi connectivity index (χ0n) is 48.7. The second kappa shape index (κ2) is 29.9. The minimum absolute atomic E-state index is 0.0409. The summed E-state index contributed by atoms with van der Waals surface area (Å²) in [5.74, 6) is -8.19. The van der Waals surface area contributed by atoms with Gasteiger partial charge in [0.1, 0.15) is 41.0 Å². The fraction of sp³-hybridized carbons (Fsp3) is 0.649. The van der Waals surface area contributed by atoms with Crippen molar-refractivity contribution in [3.63, 3.8) is 0 Å². The molecule has 4 saturated heterocycles. The summed E-state index contributed by atoms with van der Waals surface area (Å²) in [7, 11) is 2.82. The number of aliphatic carboxylic acids is 1. The standard InChI is InChI=1S/C57H79N7O22/c1-30(61-52(72)35(26-39(58)65)62-40(66)10-17-79-20-22-81-24-25-82-23-21-80-18-15-63-13-8-32(9-14-63)54(73)74)51(71)59-11-12-60-56(75)57(76)28-34-43(49(70)45-44(47(34)68)46(67)33-6-5-7-37(77-3)42(33)48(45)69)38(29-57)85-41-27-36-50(31(2)84-41)86-53-55(78-4)83-19-16-64(36)53/h5-7,30-32,35-36,38,41,50,53,55,68,70,76H,8-29H2,1-4H3,(H2,58,65)(H,59,71)(H,60,75)(H,61,72)(H,62,66)(H,73,74)/t30-,31-,35-,36-,38-,41-,50+,53+,55-,57-/m0/s1. The van der Waals surface area contributed by atoms with Gasteiger partial charge < -0.3 is 99.7 Å². The number of morpholine rings is 1. The predicted octanol–water partition coefficient (Wildman–Crippen LogP) is -1.50. The number of ether oxygens (including phenoxy) is 10. The molecule has 0 spiro atoms. The second-order valence-electron chi connectivity index (χ2n) is 21.9. The van der Waals surface area contributed by atoms with Crippen LogP contribution in [0.3, 0.4) is 0 Å². The van der Waals surface area contributed by atoms with Crippen molar-refractivity contribution in [3.05, 3.63) is 51.6 Å². The van der Waals surface area contributed by atoms with E-state index in [1.807, 2.05) is 0 Å². The molecule has 2 aromatic rings. The number of hydrogen-bond acceptors (Lipinski definition) is 23. The largest absolute Gasteiger partial charge is 0.507 e. The number of aliphatic hydroxyl groups is 1. The molecule has 5 amide bonds. The Morgan fingerprint density at radius 3 is 2.15 bits per heavy atom. The SMILES string of the molecule is COc1cccc2c1C(=O)c1c(O)c3c(c(O)c1C2=O)C[C@@](O)(C(=O)NCCNC(=O)[C@H](C)NC(=O)[C@H](CC(N)=O)NC(=O)CCOCCOCCOCCOCCN1CCC(C(=O)O)CC1)C[C@@H]3O[C@H]1C[C@H]2[C@H](O[C@@H]3[C@@H](OC)OCCN32)[C@H](C)O1. The van der Waals surface area contributed by atoms with E-state index < -0.39 is 144 Å². The first-order valence-corrected chi connectivity index (χ1v) is 28.9. The molecule has 0 radical (unpaired) electrons. The van der Waals surface area contributed by atoms with Crippen molar-refractivity contribution in [3.8, 4) is 17.2 Å². The van der Waals surface area contributed by atoms with Crippen molar-refractivity contribution in [1.29, 1.82) is 0 Å². The van der Waals surface area contributed by atoms with Crippen LogP contribution >= 0.6 is 0 Å². The van der Waals surface area contributed by atoms with E-state index >= 15 is 0 Å². The van der Waals surface area contributed by atoms with Crippen LogP contribution in [0.2, 0.25) is 0 Å². The number of aromatic hydroxyl groups is 2. The lowest BCUT2D eigenvalue weighted by Crippen LogP contribution is -2.56. The zero-order valence-corrected chi connectivity index (χ0v) is 48.7. The number of carbonyl (C=O) groups excluding carboxylic acids is 7. The van der Waals surface area contributed by atoms with Gasteiger partial charge in [0.15, 0.2) is 24.6 Å². The summed E-state index contributed by atoms with van der Waals surface area (Å²) < 4.78 is 58.0. The van der Waals surface area contributed by atoms with Crippen LogP contribution in [-0.2, 0) is 77.8 Å². The minimum Gasteiger partial charge on any atom is -0.507 e. The number of likely N-dealkylation sites (tertiary alicyclic amines) is 1. The van der Waals surface area contributed by atoms with Crippen molar-refractivity contribution in [2.75, 3.05) is 113 Å². The van der Waals surface area contributed by atoms with Crippen LogP contribution < -0.4 is 31.7 Å². The van der Waals surface area contributed by atoms with E-state index in [2.05, 4.69) is 31.1 Å². The molecule has 6 aliphatic rings. The van der Waals surface area contributed by atoms with E-state index in [9.17, 15) is 53.7 Å². The lowest BCUT2D eigenvalue weighted by atomic mass is 9.72. The number of piperidine rings is 1. The van der Waals surface area contributed by atoms with Gasteiger partial charge in [-0.3, -0.25) is 43.3 Å². The van der Waals surface area contributed by atoms with Gasteiger partial charge in [-0.15, -0.1) is 0 Å². The highest BCUT2D eigenvalue weighted by Gasteiger charge is 2.55. The quantitative estimate of drug-likeness (QED) is 0.0271. The number of nitrogens with zero attached hydrogens (tertiary/aromatic N) is 2. The topological polar surface area (TPSA) is 390 Å². The molecule has 10 N–H and O–H groups in total. The Labute approximate surface area is 496 Å². The summed E-state index contributed by atoms with van der Waals surface area (Å²) in [5, 5.41) is 55.7. The molecular formula is C57H79N7O22. The second-order valence-corrected chi connectivity index (χ2v) is 21.9. The van der Waals surface area contributed by atoms with Crippen molar-refractivity contribution >= 4 is 47.1 Å². The van der Waals surface area contributed by atoms with Crippen LogP contribution in [0.15, 0.2) is 18.2 Å². The maximum atomic E-state index is 14.3. The Hall–Kier alpha value is -6.48. The van der Waals surface area contributed by atoms with Crippen molar-refractivity contribution in [1.82, 2.24) is 31.1 Å². The molecule has 86 heavy (non-hydrogen) atoms. The third-order valence-corrected chi connectivity index (χ3v) is 16.2. The highest BCUT2D eigenvalue weighted by atomic mass is 16.7. The van der Waals surface area contributed by atoms with Gasteiger partial charge in [0.25, 0.3) is 5.91 Å². The van der Waals surface area contributed by atoms with E-state index in [0.29, 0.717) is 59.0 Å². The minimum atomic E-state index is -2.41. The summed E-state index contributed by atoms with van der Waals surface area (Å²) in [6.07, 6.45) is -5.23. The summed E-state index contributed by atoms with van der Waals surface area (Å²) >= 11 is 0. The Bertz CT molecular complexity index is 2800. The molecule has 29 nitrogen and oxygen atoms in total. The number of benzene rings is 2. The number of fused-ring (bicyclic) bond motifs is 6. The highest BCUT2D eigenvalue weighted by molar-refractivity contribution is 6.31. The van der Waals surface area contributed by atoms with Crippen LogP contribution in [0.5, 0.6) is 17.2 Å². The third kappa shape index (κ3) is 15.4. The molecule has 4 fully saturated rings. The average molecular weight is 1210 g/mol. The molecule has 8 rings (SSSR count). The molecule has 0 aromatic heterocycles. The van der Waals surface area contributed by atoms with Crippen molar-refractivity contribution in [2.24, 2.45) is 11.7 Å². The molecule has 29 heteroatoms. The van der Waals surface area contributed by atoms with Crippen LogP contribution in [0.25, 0.3) is 0 Å². The van der Waals surface area contributed by atoms with Crippen LogP contribution in [0.1, 0.15) is 101 Å². The Balaban J connectivity index is 0.795. The molecule has 0 unspecified atom stereocenters. The van der Waals surface area contributed by atoms with E-state index in [1.165, 1.54) is 39.3 Å². The van der Waals surface area contributed by atoms with Gasteiger partial charge in [0, 0.05) is 81.7 Å². The summed E-state index contributed by atoms with van der Waals surface area (Å²) in [4.78, 5) is 109. The smallest absolute Gasteiger partial charge is 0.306 e. The number of nitrogens with one attached hydrogen (secondary N) is 4. The molecule has 474 valence electrons. The number of ketones is 2. The molecule has 0 saturated carbocycles. The van der Waals surface area contributed by atoms with Gasteiger partial charge in [-0.2, -0.15) is 0 Å². The van der Waals surface area contributed by atoms with Gasteiger partial charge in [-0.1, -0.05) is 12.1 Å². The van der Waals surface area contributed by atoms with E-state index in [4.69, 9.17) is 58.2 Å². The van der Waals surface area contributed by atoms with Crippen LogP contribution in [0, 0.1) is 5.92 Å². The number of phenols is 2. The predicted molar refractivity (Wildman–Crippen MR) is 296 cm³/mol. The van der Waals surface area contributed by atoms with Gasteiger partial charge in [-0.05, 0) is 45.8 Å². The van der Waals surface area contributed by atoms with Crippen LogP contribution in [0.4, 0.5) is 0 Å². The molecular weight excluding hydrogens is 1130 g/mol. The lowest BCUT2D eigenvalue weighted by Gasteiger charge is -2.43. The average Bonchev–Trinajstić information content (AvgIpc) is 2.10. The van der Waals surface area contributed by atoms with Gasteiger partial charge in [-0.25, -0.2) is 0 Å². The monoisotopic (exact) mass is 1210 g/mol. The molecule has 10 atom stereocenters. The van der Waals surface area contributed by atoms with Crippen LogP contribution in [-0.4, -0.2) is 245 Å². The number of carboxylic acids is 1. The maximum Gasteiger partial charge on any atom is 0.306 e. The first kappa shape index (κ1) is 65.5. The Morgan fingerprint density at radius 2 is 1.49 bits per heavy atom. The number of carbonyl (C=O) groups is 8. The number of amides is 5. The van der Waals surface area contributed by atoms with E-state index in [0.717, 1.165) is 19.6 Å². The first-order valence-electron chi connectivity index (χ1n) is 28.9. The molecule has 4 aliphatic heterocycles. The van der Waals surface area contributed by atoms with E-state index in [1.54, 1.807) is 6.92 Å². The summed E-state index contributed by atoms with van der Waals surface area (Å²) in [5.41, 5.74) is 1.31. The fourth-order valence-corrected chi connectivity index (χ4v) is 11.8. The molecule has 2 aliphatic carbocycles. The summed E-state index contributed by atoms with van der Waals surface area (Å²) in [6, 6.07) is 1.40. The normalized spacial score (nSPS) is 25.3. The number of hydrogen-bond donors (Lipinski definition) is 9. The van der Waals surface area contributed by atoms with Crippen molar-refractivity contribution in [2.45, 2.75) is 120 Å². The number of rotatable bonds is 30. The number of primary amides is 1.